The third kappa shape index (κ3) is 5.40. The highest BCUT2D eigenvalue weighted by Crippen LogP contribution is 2.38. The van der Waals surface area contributed by atoms with Gasteiger partial charge in [0, 0.05) is 35.2 Å². The summed E-state index contributed by atoms with van der Waals surface area (Å²) in [5.74, 6) is 2.21. The van der Waals surface area contributed by atoms with Gasteiger partial charge in [-0.25, -0.2) is 0 Å². The molecule has 2 aliphatic rings. The van der Waals surface area contributed by atoms with Gasteiger partial charge in [0.1, 0.15) is 0 Å². The van der Waals surface area contributed by atoms with Crippen LogP contribution in [0, 0.1) is 5.92 Å². The first kappa shape index (κ1) is 24.0. The Balaban J connectivity index is 1.27. The molecule has 188 valence electrons. The van der Waals surface area contributed by atoms with Crippen LogP contribution in [0.4, 0.5) is 5.69 Å². The highest BCUT2D eigenvalue weighted by Gasteiger charge is 2.31. The van der Waals surface area contributed by atoms with Crippen LogP contribution in [0.2, 0.25) is 0 Å². The Kier molecular flexibility index (Phi) is 6.97. The van der Waals surface area contributed by atoms with E-state index in [1.54, 1.807) is 0 Å². The van der Waals surface area contributed by atoms with E-state index in [1.807, 2.05) is 36.1 Å². The molecule has 3 aromatic rings. The molecule has 2 saturated carbocycles. The number of anilines is 1. The van der Waals surface area contributed by atoms with Gasteiger partial charge in [-0.15, -0.1) is 5.10 Å². The van der Waals surface area contributed by atoms with Gasteiger partial charge in [0.25, 0.3) is 11.8 Å². The van der Waals surface area contributed by atoms with Gasteiger partial charge in [0.15, 0.2) is 5.82 Å². The predicted octanol–water partition coefficient (Wildman–Crippen LogP) is 5.58. The summed E-state index contributed by atoms with van der Waals surface area (Å²) in [7, 11) is 0. The number of hydrogen-bond acceptors (Lipinski definition) is 8. The first-order valence-electron chi connectivity index (χ1n) is 12.6. The molecule has 36 heavy (non-hydrogen) atoms. The molecule has 9 heteroatoms. The van der Waals surface area contributed by atoms with Crippen molar-refractivity contribution in [1.82, 2.24) is 20.3 Å². The molecule has 0 aliphatic heterocycles. The Morgan fingerprint density at radius 3 is 2.72 bits per heavy atom. The summed E-state index contributed by atoms with van der Waals surface area (Å²) >= 11 is 0. The van der Waals surface area contributed by atoms with E-state index in [-0.39, 0.29) is 17.9 Å². The zero-order valence-corrected chi connectivity index (χ0v) is 20.6. The first-order valence-corrected chi connectivity index (χ1v) is 12.6. The number of benzene rings is 1. The van der Waals surface area contributed by atoms with E-state index in [9.17, 15) is 4.79 Å². The standard InChI is InChI=1S/C27H31N5O4/c1-4-34-27-30-29-25(35-27)21-9-6-10-22(15-21)32(26(33)20-7-5-8-20)16-17(2)11-12-18(3)24-28-23(31-36-24)19-13-14-19/h6,9-10,15,19-20H,2-5,7-8,11-14,16H2,1H3. The number of allylic oxidation sites excluding steroid dienone is 1. The first-order chi connectivity index (χ1) is 17.5. The number of carbonyl (C=O) groups excluding carboxylic acids is 1. The number of nitrogens with zero attached hydrogens (tertiary/aromatic N) is 5. The summed E-state index contributed by atoms with van der Waals surface area (Å²) in [5, 5.41) is 12.1. The van der Waals surface area contributed by atoms with Crippen molar-refractivity contribution >= 4 is 17.2 Å². The summed E-state index contributed by atoms with van der Waals surface area (Å²) < 4.78 is 16.3. The van der Waals surface area contributed by atoms with Crippen LogP contribution in [-0.4, -0.2) is 39.4 Å². The second-order valence-electron chi connectivity index (χ2n) is 9.49. The van der Waals surface area contributed by atoms with Crippen LogP contribution in [-0.2, 0) is 4.79 Å². The highest BCUT2D eigenvalue weighted by atomic mass is 16.6. The smallest absolute Gasteiger partial charge is 0.414 e. The van der Waals surface area contributed by atoms with Crippen molar-refractivity contribution in [3.8, 4) is 17.5 Å². The summed E-state index contributed by atoms with van der Waals surface area (Å²) in [6.07, 6.45) is 6.58. The molecule has 0 N–H and O–H groups in total. The lowest BCUT2D eigenvalue weighted by Gasteiger charge is -2.32. The molecule has 0 saturated heterocycles. The summed E-state index contributed by atoms with van der Waals surface area (Å²) in [6, 6.07) is 7.57. The highest BCUT2D eigenvalue weighted by molar-refractivity contribution is 5.96. The predicted molar refractivity (Wildman–Crippen MR) is 134 cm³/mol. The molecule has 9 nitrogen and oxygen atoms in total. The molecule has 2 aromatic heterocycles. The van der Waals surface area contributed by atoms with Crippen LogP contribution >= 0.6 is 0 Å². The van der Waals surface area contributed by atoms with Crippen LogP contribution in [0.15, 0.2) is 51.9 Å². The Morgan fingerprint density at radius 2 is 2.00 bits per heavy atom. The lowest BCUT2D eigenvalue weighted by Crippen LogP contribution is -2.40. The van der Waals surface area contributed by atoms with Crippen molar-refractivity contribution in [3.05, 3.63) is 54.7 Å². The average molecular weight is 490 g/mol. The molecule has 2 fully saturated rings. The summed E-state index contributed by atoms with van der Waals surface area (Å²) in [4.78, 5) is 19.7. The topological polar surface area (TPSA) is 107 Å². The van der Waals surface area contributed by atoms with Gasteiger partial charge in [-0.05, 0) is 63.6 Å². The second-order valence-corrected chi connectivity index (χ2v) is 9.49. The Morgan fingerprint density at radius 1 is 1.17 bits per heavy atom. The van der Waals surface area contributed by atoms with Gasteiger partial charge >= 0.3 is 6.08 Å². The third-order valence-corrected chi connectivity index (χ3v) is 6.65. The summed E-state index contributed by atoms with van der Waals surface area (Å²) in [5.41, 5.74) is 3.20. The van der Waals surface area contributed by atoms with Crippen molar-refractivity contribution in [2.45, 2.75) is 57.8 Å². The van der Waals surface area contributed by atoms with Gasteiger partial charge in [-0.1, -0.05) is 41.5 Å². The molecule has 0 bridgehead atoms. The van der Waals surface area contributed by atoms with Crippen molar-refractivity contribution in [2.75, 3.05) is 18.1 Å². The number of hydrogen-bond donors (Lipinski definition) is 0. The Bertz CT molecular complexity index is 1250. The van der Waals surface area contributed by atoms with Gasteiger partial charge in [0.05, 0.1) is 6.61 Å². The number of ether oxygens (including phenoxy) is 1. The fraction of sp³-hybridized carbons (Fsp3) is 0.444. The number of amides is 1. The van der Waals surface area contributed by atoms with E-state index in [0.717, 1.165) is 60.3 Å². The minimum Gasteiger partial charge on any atom is -0.449 e. The second kappa shape index (κ2) is 10.5. The van der Waals surface area contributed by atoms with Gasteiger partial charge in [-0.3, -0.25) is 4.79 Å². The monoisotopic (exact) mass is 489 g/mol. The van der Waals surface area contributed by atoms with Crippen LogP contribution in [0.1, 0.15) is 69.5 Å². The van der Waals surface area contributed by atoms with Crippen molar-refractivity contribution in [3.63, 3.8) is 0 Å². The molecule has 0 unspecified atom stereocenters. The fourth-order valence-corrected chi connectivity index (χ4v) is 4.11. The number of carbonyl (C=O) groups is 1. The third-order valence-electron chi connectivity index (χ3n) is 6.65. The maximum absolute atomic E-state index is 13.4. The van der Waals surface area contributed by atoms with Crippen LogP contribution < -0.4 is 9.64 Å². The van der Waals surface area contributed by atoms with Gasteiger partial charge in [0.2, 0.25) is 5.91 Å². The quantitative estimate of drug-likeness (QED) is 0.304. The Labute approximate surface area is 210 Å². The van der Waals surface area contributed by atoms with Gasteiger partial charge < -0.3 is 18.6 Å². The minimum atomic E-state index is 0.0450. The molecule has 2 aliphatic carbocycles. The zero-order valence-electron chi connectivity index (χ0n) is 20.6. The van der Waals surface area contributed by atoms with E-state index in [0.29, 0.717) is 43.7 Å². The Hall–Kier alpha value is -3.75. The molecule has 0 radical (unpaired) electrons. The maximum Gasteiger partial charge on any atom is 0.414 e. The van der Waals surface area contributed by atoms with E-state index in [1.165, 1.54) is 0 Å². The lowest BCUT2D eigenvalue weighted by atomic mass is 9.84. The molecular weight excluding hydrogens is 458 g/mol. The van der Waals surface area contributed by atoms with Crippen molar-refractivity contribution in [1.29, 1.82) is 0 Å². The maximum atomic E-state index is 13.4. The largest absolute Gasteiger partial charge is 0.449 e. The number of rotatable bonds is 12. The van der Waals surface area contributed by atoms with E-state index in [4.69, 9.17) is 13.7 Å². The van der Waals surface area contributed by atoms with Gasteiger partial charge in [-0.2, -0.15) is 4.98 Å². The van der Waals surface area contributed by atoms with E-state index in [2.05, 4.69) is 33.5 Å². The SMILES string of the molecule is C=C(CCC(=C)c1nc(C2CC2)no1)CN(C(=O)C1CCC1)c1cccc(-c2nnc(OCC)o2)c1. The molecule has 5 rings (SSSR count). The van der Waals surface area contributed by atoms with E-state index >= 15 is 0 Å². The van der Waals surface area contributed by atoms with Crippen molar-refractivity contribution < 1.29 is 18.5 Å². The zero-order chi connectivity index (χ0) is 25.1. The number of aromatic nitrogens is 4. The van der Waals surface area contributed by atoms with E-state index < -0.39 is 0 Å². The molecule has 2 heterocycles. The molecule has 0 spiro atoms. The van der Waals surface area contributed by atoms with Crippen LogP contribution in [0.25, 0.3) is 17.0 Å². The normalized spacial score (nSPS) is 15.4. The average Bonchev–Trinajstić information content (AvgIpc) is 3.38. The lowest BCUT2D eigenvalue weighted by molar-refractivity contribution is -0.124. The fourth-order valence-electron chi connectivity index (χ4n) is 4.11. The summed E-state index contributed by atoms with van der Waals surface area (Å²) in [6.45, 7) is 11.1. The molecule has 1 amide bonds. The van der Waals surface area contributed by atoms with Crippen LogP contribution in [0.5, 0.6) is 6.08 Å². The molecule has 0 atom stereocenters. The van der Waals surface area contributed by atoms with Crippen LogP contribution in [0.3, 0.4) is 0 Å². The minimum absolute atomic E-state index is 0.0450. The van der Waals surface area contributed by atoms with Crippen molar-refractivity contribution in [2.24, 2.45) is 5.92 Å². The molecule has 1 aromatic carbocycles. The molecular formula is C27H31N5O4.